The Labute approximate surface area is 151 Å². The van der Waals surface area contributed by atoms with Crippen LogP contribution in [-0.2, 0) is 26.4 Å². The van der Waals surface area contributed by atoms with Crippen LogP contribution in [0.25, 0.3) is 0 Å². The number of hydrogen-bond acceptors (Lipinski definition) is 4. The topological polar surface area (TPSA) is 59.8 Å². The highest BCUT2D eigenvalue weighted by Crippen LogP contribution is 2.14. The number of aryl methyl sites for hydroxylation is 3. The van der Waals surface area contributed by atoms with E-state index in [-0.39, 0.29) is 5.91 Å². The van der Waals surface area contributed by atoms with Crippen LogP contribution in [0.1, 0.15) is 39.7 Å². The summed E-state index contributed by atoms with van der Waals surface area (Å²) in [5.74, 6) is 1.000. The Morgan fingerprint density at radius 1 is 1.20 bits per heavy atom. The van der Waals surface area contributed by atoms with Gasteiger partial charge in [0.2, 0.25) is 0 Å². The predicted octanol–water partition coefficient (Wildman–Crippen LogP) is 3.37. The van der Waals surface area contributed by atoms with E-state index >= 15 is 0 Å². The Morgan fingerprint density at radius 3 is 2.76 bits per heavy atom. The summed E-state index contributed by atoms with van der Waals surface area (Å²) in [6, 6.07) is 9.88. The van der Waals surface area contributed by atoms with Crippen LogP contribution in [0.5, 0.6) is 0 Å². The van der Waals surface area contributed by atoms with E-state index in [1.54, 1.807) is 11.3 Å². The van der Waals surface area contributed by atoms with E-state index in [9.17, 15) is 4.79 Å². The minimum Gasteiger partial charge on any atom is -0.347 e. The third-order valence-electron chi connectivity index (χ3n) is 4.04. The molecule has 25 heavy (non-hydrogen) atoms. The minimum absolute atomic E-state index is 0.112. The quantitative estimate of drug-likeness (QED) is 0.631. The molecule has 1 amide bonds. The van der Waals surface area contributed by atoms with Crippen molar-refractivity contribution in [2.45, 2.75) is 32.2 Å². The van der Waals surface area contributed by atoms with Crippen LogP contribution in [0.3, 0.4) is 0 Å². The van der Waals surface area contributed by atoms with Gasteiger partial charge < -0.3 is 9.88 Å². The minimum atomic E-state index is -0.112. The summed E-state index contributed by atoms with van der Waals surface area (Å²) < 4.78 is 2.05. The molecule has 0 aliphatic carbocycles. The number of nitrogens with zero attached hydrogens (tertiary/aromatic N) is 3. The Kier molecular flexibility index (Phi) is 5.95. The van der Waals surface area contributed by atoms with Gasteiger partial charge in [0.15, 0.2) is 0 Å². The molecule has 0 saturated heterocycles. The fourth-order valence-corrected chi connectivity index (χ4v) is 3.42. The molecule has 0 unspecified atom stereocenters. The second-order valence-electron chi connectivity index (χ2n) is 5.96. The SMILES string of the molecule is Cn1ccnc1CCCCc1nc(C(=O)NCc2ccccc2)cs1. The Morgan fingerprint density at radius 2 is 2.00 bits per heavy atom. The Balaban J connectivity index is 1.42. The van der Waals surface area contributed by atoms with Crippen LogP contribution in [0.2, 0.25) is 0 Å². The molecular weight excluding hydrogens is 332 g/mol. The molecule has 0 aliphatic rings. The first-order valence-electron chi connectivity index (χ1n) is 8.45. The molecule has 3 rings (SSSR count). The van der Waals surface area contributed by atoms with Crippen LogP contribution in [0.15, 0.2) is 48.1 Å². The van der Waals surface area contributed by atoms with Gasteiger partial charge in [-0.25, -0.2) is 9.97 Å². The first kappa shape index (κ1) is 17.4. The molecule has 0 spiro atoms. The Bertz CT molecular complexity index is 810. The zero-order chi connectivity index (χ0) is 17.5. The third kappa shape index (κ3) is 5.00. The highest BCUT2D eigenvalue weighted by atomic mass is 32.1. The van der Waals surface area contributed by atoms with Crippen molar-refractivity contribution < 1.29 is 4.79 Å². The van der Waals surface area contributed by atoms with Crippen molar-refractivity contribution in [3.63, 3.8) is 0 Å². The van der Waals surface area contributed by atoms with Crippen molar-refractivity contribution in [1.82, 2.24) is 19.9 Å². The number of aromatic nitrogens is 3. The number of hydrogen-bond donors (Lipinski definition) is 1. The van der Waals surface area contributed by atoms with Gasteiger partial charge in [0.05, 0.1) is 5.01 Å². The number of rotatable bonds is 8. The van der Waals surface area contributed by atoms with Crippen molar-refractivity contribution in [3.05, 3.63) is 70.2 Å². The molecule has 0 bridgehead atoms. The first-order valence-corrected chi connectivity index (χ1v) is 9.33. The first-order chi connectivity index (χ1) is 12.2. The average molecular weight is 354 g/mol. The zero-order valence-electron chi connectivity index (χ0n) is 14.3. The molecule has 2 heterocycles. The summed E-state index contributed by atoms with van der Waals surface area (Å²) in [7, 11) is 2.02. The number of imidazole rings is 1. The van der Waals surface area contributed by atoms with Crippen molar-refractivity contribution in [1.29, 1.82) is 0 Å². The van der Waals surface area contributed by atoms with E-state index in [2.05, 4.69) is 19.9 Å². The van der Waals surface area contributed by atoms with Gasteiger partial charge in [0.25, 0.3) is 5.91 Å². The lowest BCUT2D eigenvalue weighted by molar-refractivity contribution is 0.0946. The maximum Gasteiger partial charge on any atom is 0.271 e. The summed E-state index contributed by atoms with van der Waals surface area (Å²) in [5, 5.41) is 5.77. The molecule has 0 saturated carbocycles. The fraction of sp³-hybridized carbons (Fsp3) is 0.316. The zero-order valence-corrected chi connectivity index (χ0v) is 15.1. The normalized spacial score (nSPS) is 10.8. The lowest BCUT2D eigenvalue weighted by Gasteiger charge is -2.03. The standard InChI is InChI=1S/C19H22N4OS/c1-23-12-11-20-17(23)9-5-6-10-18-22-16(14-25-18)19(24)21-13-15-7-3-2-4-8-15/h2-4,7-8,11-12,14H,5-6,9-10,13H2,1H3,(H,21,24). The van der Waals surface area contributed by atoms with Crippen LogP contribution >= 0.6 is 11.3 Å². The van der Waals surface area contributed by atoms with Gasteiger partial charge in [-0.05, 0) is 24.8 Å². The van der Waals surface area contributed by atoms with Gasteiger partial charge in [-0.15, -0.1) is 11.3 Å². The number of carbonyl (C=O) groups excluding carboxylic acids is 1. The molecule has 6 heteroatoms. The molecule has 130 valence electrons. The molecule has 0 atom stereocenters. The molecule has 0 fully saturated rings. The molecule has 1 aromatic carbocycles. The second-order valence-corrected chi connectivity index (χ2v) is 6.90. The smallest absolute Gasteiger partial charge is 0.271 e. The van der Waals surface area contributed by atoms with Gasteiger partial charge in [0, 0.05) is 37.8 Å². The number of carbonyl (C=O) groups is 1. The van der Waals surface area contributed by atoms with Gasteiger partial charge in [-0.2, -0.15) is 0 Å². The van der Waals surface area contributed by atoms with E-state index in [1.807, 2.05) is 55.2 Å². The van der Waals surface area contributed by atoms with Gasteiger partial charge >= 0.3 is 0 Å². The second kappa shape index (κ2) is 8.58. The van der Waals surface area contributed by atoms with E-state index in [1.165, 1.54) is 0 Å². The number of amides is 1. The van der Waals surface area contributed by atoms with Gasteiger partial charge in [0.1, 0.15) is 11.5 Å². The van der Waals surface area contributed by atoms with Crippen LogP contribution < -0.4 is 5.32 Å². The van der Waals surface area contributed by atoms with E-state index in [4.69, 9.17) is 0 Å². The molecule has 1 N–H and O–H groups in total. The maximum atomic E-state index is 12.2. The van der Waals surface area contributed by atoms with E-state index < -0.39 is 0 Å². The highest BCUT2D eigenvalue weighted by molar-refractivity contribution is 7.09. The summed E-state index contributed by atoms with van der Waals surface area (Å²) in [6.45, 7) is 0.524. The number of thiazole rings is 1. The Hall–Kier alpha value is -2.47. The van der Waals surface area contributed by atoms with Crippen LogP contribution in [-0.4, -0.2) is 20.4 Å². The number of unbranched alkanes of at least 4 members (excludes halogenated alkanes) is 1. The van der Waals surface area contributed by atoms with E-state index in [0.717, 1.165) is 42.1 Å². The van der Waals surface area contributed by atoms with Crippen LogP contribution in [0, 0.1) is 0 Å². The number of nitrogens with one attached hydrogen (secondary N) is 1. The molecule has 3 aromatic rings. The van der Waals surface area contributed by atoms with Gasteiger partial charge in [-0.1, -0.05) is 30.3 Å². The average Bonchev–Trinajstić information content (AvgIpc) is 3.27. The van der Waals surface area contributed by atoms with Crippen molar-refractivity contribution in [2.75, 3.05) is 0 Å². The predicted molar refractivity (Wildman–Crippen MR) is 99.6 cm³/mol. The maximum absolute atomic E-state index is 12.2. The summed E-state index contributed by atoms with van der Waals surface area (Å²) in [6.07, 6.45) is 7.79. The van der Waals surface area contributed by atoms with Gasteiger partial charge in [-0.3, -0.25) is 4.79 Å². The summed E-state index contributed by atoms with van der Waals surface area (Å²) in [4.78, 5) is 21.0. The summed E-state index contributed by atoms with van der Waals surface area (Å²) in [5.41, 5.74) is 1.60. The largest absolute Gasteiger partial charge is 0.347 e. The highest BCUT2D eigenvalue weighted by Gasteiger charge is 2.10. The molecule has 0 radical (unpaired) electrons. The van der Waals surface area contributed by atoms with Crippen LogP contribution in [0.4, 0.5) is 0 Å². The lowest BCUT2D eigenvalue weighted by Crippen LogP contribution is -2.23. The number of benzene rings is 1. The lowest BCUT2D eigenvalue weighted by atomic mass is 10.2. The molecule has 0 aliphatic heterocycles. The summed E-state index contributed by atoms with van der Waals surface area (Å²) >= 11 is 1.56. The van der Waals surface area contributed by atoms with Crippen molar-refractivity contribution >= 4 is 17.2 Å². The molecular formula is C19H22N4OS. The monoisotopic (exact) mass is 354 g/mol. The van der Waals surface area contributed by atoms with Crippen molar-refractivity contribution in [3.8, 4) is 0 Å². The van der Waals surface area contributed by atoms with E-state index in [0.29, 0.717) is 12.2 Å². The molecule has 2 aromatic heterocycles. The fourth-order valence-electron chi connectivity index (χ4n) is 2.60. The van der Waals surface area contributed by atoms with Crippen molar-refractivity contribution in [2.24, 2.45) is 7.05 Å². The molecule has 5 nitrogen and oxygen atoms in total. The third-order valence-corrected chi connectivity index (χ3v) is 4.95.